The monoisotopic (exact) mass is 388 g/mol. The summed E-state index contributed by atoms with van der Waals surface area (Å²) in [6.07, 6.45) is 17.3. The van der Waals surface area contributed by atoms with E-state index in [1.807, 2.05) is 0 Å². The van der Waals surface area contributed by atoms with Crippen LogP contribution in [-0.2, 0) is 4.74 Å². The van der Waals surface area contributed by atoms with Crippen molar-refractivity contribution in [1.82, 2.24) is 0 Å². The highest BCUT2D eigenvalue weighted by Gasteiger charge is 2.61. The van der Waals surface area contributed by atoms with E-state index in [9.17, 15) is 5.11 Å². The standard InChI is InChI=1S/C26H44O2/c1-19(2)11-17-28-18-12-20-7-8-22-21-9-16-26(27)14-6-5-13-25(26,4)23(21)10-15-24(20,22)3/h9,16,19-23,27H,5-8,10-15,17-18H2,1-4H3/t20-,21+,22+,23+,24-,25-,26+/m1/s1. The molecule has 4 aliphatic rings. The molecule has 0 unspecified atom stereocenters. The second-order valence-electron chi connectivity index (χ2n) is 11.6. The molecule has 4 aliphatic carbocycles. The summed E-state index contributed by atoms with van der Waals surface area (Å²) in [4.78, 5) is 0. The largest absolute Gasteiger partial charge is 0.385 e. The van der Waals surface area contributed by atoms with E-state index in [4.69, 9.17) is 4.74 Å². The number of ether oxygens (including phenoxy) is 1. The molecule has 0 aliphatic heterocycles. The number of hydrogen-bond donors (Lipinski definition) is 1. The third-order valence-electron chi connectivity index (χ3n) is 9.88. The lowest BCUT2D eigenvalue weighted by atomic mass is 9.45. The first-order valence-corrected chi connectivity index (χ1v) is 12.3. The topological polar surface area (TPSA) is 29.5 Å². The molecule has 0 spiro atoms. The van der Waals surface area contributed by atoms with Gasteiger partial charge in [0.15, 0.2) is 0 Å². The van der Waals surface area contributed by atoms with E-state index in [1.165, 1.54) is 57.8 Å². The molecule has 0 radical (unpaired) electrons. The van der Waals surface area contributed by atoms with Crippen LogP contribution in [0, 0.1) is 40.4 Å². The Kier molecular flexibility index (Phi) is 5.77. The molecule has 3 saturated carbocycles. The first kappa shape index (κ1) is 20.9. The van der Waals surface area contributed by atoms with Crippen LogP contribution in [0.1, 0.15) is 91.9 Å². The van der Waals surface area contributed by atoms with Crippen molar-refractivity contribution in [3.8, 4) is 0 Å². The summed E-state index contributed by atoms with van der Waals surface area (Å²) in [6, 6.07) is 0. The molecule has 2 heteroatoms. The molecular formula is C26H44O2. The summed E-state index contributed by atoms with van der Waals surface area (Å²) in [5.41, 5.74) is 0.0415. The second kappa shape index (κ2) is 7.73. The zero-order chi connectivity index (χ0) is 20.0. The van der Waals surface area contributed by atoms with Gasteiger partial charge in [-0.05, 0) is 86.4 Å². The van der Waals surface area contributed by atoms with E-state index < -0.39 is 5.60 Å². The Hall–Kier alpha value is -0.340. The maximum absolute atomic E-state index is 11.4. The van der Waals surface area contributed by atoms with E-state index in [-0.39, 0.29) is 5.41 Å². The van der Waals surface area contributed by atoms with E-state index in [0.717, 1.165) is 37.4 Å². The summed E-state index contributed by atoms with van der Waals surface area (Å²) < 4.78 is 5.99. The van der Waals surface area contributed by atoms with Crippen LogP contribution in [0.15, 0.2) is 12.2 Å². The third-order valence-corrected chi connectivity index (χ3v) is 9.88. The maximum Gasteiger partial charge on any atom is 0.0883 e. The molecular weight excluding hydrogens is 344 g/mol. The van der Waals surface area contributed by atoms with Crippen molar-refractivity contribution in [2.75, 3.05) is 13.2 Å². The Morgan fingerprint density at radius 2 is 1.79 bits per heavy atom. The molecule has 0 aromatic heterocycles. The van der Waals surface area contributed by atoms with Crippen LogP contribution in [0.4, 0.5) is 0 Å². The number of aliphatic hydroxyl groups is 1. The van der Waals surface area contributed by atoms with Gasteiger partial charge in [-0.25, -0.2) is 0 Å². The third kappa shape index (κ3) is 3.31. The van der Waals surface area contributed by atoms with Crippen molar-refractivity contribution in [1.29, 1.82) is 0 Å². The number of hydrogen-bond acceptors (Lipinski definition) is 2. The van der Waals surface area contributed by atoms with Gasteiger partial charge in [-0.1, -0.05) is 52.7 Å². The van der Waals surface area contributed by atoms with Crippen LogP contribution < -0.4 is 0 Å². The summed E-state index contributed by atoms with van der Waals surface area (Å²) >= 11 is 0. The van der Waals surface area contributed by atoms with Crippen molar-refractivity contribution in [2.24, 2.45) is 40.4 Å². The van der Waals surface area contributed by atoms with Crippen LogP contribution in [0.5, 0.6) is 0 Å². The lowest BCUT2D eigenvalue weighted by Gasteiger charge is -2.61. The number of allylic oxidation sites excluding steroid dienone is 1. The first-order chi connectivity index (χ1) is 13.3. The van der Waals surface area contributed by atoms with E-state index in [1.54, 1.807) is 0 Å². The summed E-state index contributed by atoms with van der Waals surface area (Å²) in [7, 11) is 0. The molecule has 4 rings (SSSR count). The predicted molar refractivity (Wildman–Crippen MR) is 116 cm³/mol. The average molecular weight is 389 g/mol. The summed E-state index contributed by atoms with van der Waals surface area (Å²) in [5, 5.41) is 11.4. The lowest BCUT2D eigenvalue weighted by molar-refractivity contribution is -0.147. The fourth-order valence-electron chi connectivity index (χ4n) is 7.88. The van der Waals surface area contributed by atoms with Crippen LogP contribution in [0.2, 0.25) is 0 Å². The molecule has 1 N–H and O–H groups in total. The average Bonchev–Trinajstić information content (AvgIpc) is 2.98. The van der Waals surface area contributed by atoms with E-state index in [0.29, 0.717) is 17.3 Å². The molecule has 2 nitrogen and oxygen atoms in total. The maximum atomic E-state index is 11.4. The van der Waals surface area contributed by atoms with Crippen molar-refractivity contribution in [2.45, 2.75) is 97.5 Å². The molecule has 0 saturated heterocycles. The normalized spacial score (nSPS) is 47.6. The van der Waals surface area contributed by atoms with Gasteiger partial charge in [-0.2, -0.15) is 0 Å². The molecule has 160 valence electrons. The van der Waals surface area contributed by atoms with Crippen molar-refractivity contribution < 1.29 is 9.84 Å². The zero-order valence-corrected chi connectivity index (χ0v) is 18.9. The minimum Gasteiger partial charge on any atom is -0.385 e. The minimum atomic E-state index is -0.539. The van der Waals surface area contributed by atoms with Crippen LogP contribution in [-0.4, -0.2) is 23.9 Å². The molecule has 0 aromatic carbocycles. The van der Waals surface area contributed by atoms with E-state index in [2.05, 4.69) is 39.8 Å². The Morgan fingerprint density at radius 3 is 2.57 bits per heavy atom. The highest BCUT2D eigenvalue weighted by molar-refractivity contribution is 5.23. The van der Waals surface area contributed by atoms with Gasteiger partial charge in [0.2, 0.25) is 0 Å². The summed E-state index contributed by atoms with van der Waals surface area (Å²) in [5.74, 6) is 3.75. The van der Waals surface area contributed by atoms with Crippen LogP contribution in [0.3, 0.4) is 0 Å². The molecule has 0 amide bonds. The molecule has 7 atom stereocenters. The highest BCUT2D eigenvalue weighted by Crippen LogP contribution is 2.67. The van der Waals surface area contributed by atoms with Gasteiger partial charge >= 0.3 is 0 Å². The molecule has 0 bridgehead atoms. The molecule has 3 fully saturated rings. The molecule has 0 heterocycles. The van der Waals surface area contributed by atoms with Gasteiger partial charge in [-0.3, -0.25) is 0 Å². The smallest absolute Gasteiger partial charge is 0.0883 e. The van der Waals surface area contributed by atoms with Crippen molar-refractivity contribution >= 4 is 0 Å². The van der Waals surface area contributed by atoms with Gasteiger partial charge in [0.25, 0.3) is 0 Å². The van der Waals surface area contributed by atoms with Crippen LogP contribution in [0.25, 0.3) is 0 Å². The second-order valence-corrected chi connectivity index (χ2v) is 11.6. The SMILES string of the molecule is CC(C)CCOCC[C@H]1CC[C@H]2[C@@H]3C=C[C@@]4(O)CCCC[C@]4(C)[C@H]3CC[C@]12C. The number of rotatable bonds is 6. The zero-order valence-electron chi connectivity index (χ0n) is 18.9. The van der Waals surface area contributed by atoms with Crippen molar-refractivity contribution in [3.05, 3.63) is 12.2 Å². The molecule has 28 heavy (non-hydrogen) atoms. The van der Waals surface area contributed by atoms with Gasteiger partial charge in [-0.15, -0.1) is 0 Å². The van der Waals surface area contributed by atoms with Gasteiger partial charge in [0.1, 0.15) is 0 Å². The first-order valence-electron chi connectivity index (χ1n) is 12.3. The highest BCUT2D eigenvalue weighted by atomic mass is 16.5. The Labute approximate surface area is 173 Å². The Morgan fingerprint density at radius 1 is 1.00 bits per heavy atom. The summed E-state index contributed by atoms with van der Waals surface area (Å²) in [6.45, 7) is 11.4. The quantitative estimate of drug-likeness (QED) is 0.422. The van der Waals surface area contributed by atoms with Gasteiger partial charge < -0.3 is 9.84 Å². The Balaban J connectivity index is 1.44. The molecule has 0 aromatic rings. The fraction of sp³-hybridized carbons (Fsp3) is 0.923. The van der Waals surface area contributed by atoms with E-state index >= 15 is 0 Å². The Bertz CT molecular complexity index is 583. The minimum absolute atomic E-state index is 0.101. The fourth-order valence-corrected chi connectivity index (χ4v) is 7.88. The lowest BCUT2D eigenvalue weighted by Crippen LogP contribution is -2.59. The number of fused-ring (bicyclic) bond motifs is 5. The predicted octanol–water partition coefficient (Wildman–Crippen LogP) is 6.38. The van der Waals surface area contributed by atoms with Crippen molar-refractivity contribution in [3.63, 3.8) is 0 Å². The van der Waals surface area contributed by atoms with Gasteiger partial charge in [0.05, 0.1) is 5.60 Å². The van der Waals surface area contributed by atoms with Crippen LogP contribution >= 0.6 is 0 Å². The van der Waals surface area contributed by atoms with Gasteiger partial charge in [0, 0.05) is 18.6 Å².